The minimum Gasteiger partial charge on any atom is -0.504 e. The van der Waals surface area contributed by atoms with Crippen molar-refractivity contribution < 1.29 is 40.2 Å². The van der Waals surface area contributed by atoms with Gasteiger partial charge in [0.15, 0.2) is 28.6 Å². The van der Waals surface area contributed by atoms with E-state index >= 15 is 0 Å². The molecule has 9 nitrogen and oxygen atoms in total. The number of hydrogen-bond donors (Lipinski definition) is 7. The fourth-order valence-corrected chi connectivity index (χ4v) is 2.26. The summed E-state index contributed by atoms with van der Waals surface area (Å²) < 4.78 is 5.14. The monoisotopic (exact) mass is 334 g/mol. The van der Waals surface area contributed by atoms with Crippen LogP contribution in [-0.4, -0.2) is 35.7 Å². The first-order valence-electron chi connectivity index (χ1n) is 6.42. The van der Waals surface area contributed by atoms with Gasteiger partial charge in [-0.15, -0.1) is 0 Å². The Labute approximate surface area is 132 Å². The first kappa shape index (κ1) is 15.2. The van der Waals surface area contributed by atoms with Gasteiger partial charge in [0.1, 0.15) is 5.39 Å². The zero-order valence-corrected chi connectivity index (χ0v) is 11.7. The minimum absolute atomic E-state index is 0.280. The lowest BCUT2D eigenvalue weighted by atomic mass is 10.1. The highest BCUT2D eigenvalue weighted by molar-refractivity contribution is 5.96. The Hall–Kier alpha value is -3.75. The van der Waals surface area contributed by atoms with E-state index < -0.39 is 62.4 Å². The number of rotatable bonds is 1. The van der Waals surface area contributed by atoms with E-state index in [9.17, 15) is 40.5 Å². The maximum Gasteiger partial charge on any atom is 0.239 e. The normalized spacial score (nSPS) is 11.0. The SMILES string of the molecule is O=c1c(O)c(-c2cccc(O)c2O)oc2c(O)c(O)c(O)c(O)c12. The lowest BCUT2D eigenvalue weighted by molar-refractivity contribution is 0.345. The van der Waals surface area contributed by atoms with E-state index in [0.29, 0.717) is 0 Å². The summed E-state index contributed by atoms with van der Waals surface area (Å²) in [4.78, 5) is 12.2. The molecule has 1 heterocycles. The maximum atomic E-state index is 12.2. The Morgan fingerprint density at radius 1 is 0.708 bits per heavy atom. The van der Waals surface area contributed by atoms with Crippen LogP contribution in [0, 0.1) is 0 Å². The molecule has 0 radical (unpaired) electrons. The Kier molecular flexibility index (Phi) is 3.08. The fourth-order valence-electron chi connectivity index (χ4n) is 2.26. The van der Waals surface area contributed by atoms with Crippen molar-refractivity contribution in [2.45, 2.75) is 0 Å². The van der Waals surface area contributed by atoms with E-state index in [0.717, 1.165) is 6.07 Å². The van der Waals surface area contributed by atoms with Gasteiger partial charge in [-0.3, -0.25) is 4.79 Å². The van der Waals surface area contributed by atoms with Crippen molar-refractivity contribution in [2.75, 3.05) is 0 Å². The number of aromatic hydroxyl groups is 7. The maximum absolute atomic E-state index is 12.2. The Bertz CT molecular complexity index is 1050. The van der Waals surface area contributed by atoms with Gasteiger partial charge in [0.05, 0.1) is 5.56 Å². The number of para-hydroxylation sites is 1. The van der Waals surface area contributed by atoms with Crippen molar-refractivity contribution in [1.29, 1.82) is 0 Å². The van der Waals surface area contributed by atoms with Gasteiger partial charge in [-0.05, 0) is 12.1 Å². The van der Waals surface area contributed by atoms with Crippen molar-refractivity contribution in [3.05, 3.63) is 28.4 Å². The molecule has 0 unspecified atom stereocenters. The third-order valence-corrected chi connectivity index (χ3v) is 3.47. The fraction of sp³-hybridized carbons (Fsp3) is 0. The third-order valence-electron chi connectivity index (χ3n) is 3.47. The van der Waals surface area contributed by atoms with Gasteiger partial charge in [0.2, 0.25) is 28.4 Å². The molecule has 0 aliphatic heterocycles. The lowest BCUT2D eigenvalue weighted by Gasteiger charge is -2.11. The summed E-state index contributed by atoms with van der Waals surface area (Å²) in [6.45, 7) is 0. The van der Waals surface area contributed by atoms with E-state index in [-0.39, 0.29) is 5.56 Å². The molecule has 0 fully saturated rings. The quantitative estimate of drug-likeness (QED) is 0.256. The van der Waals surface area contributed by atoms with Crippen LogP contribution in [0.15, 0.2) is 27.4 Å². The zero-order chi connectivity index (χ0) is 17.8. The van der Waals surface area contributed by atoms with E-state index in [1.807, 2.05) is 0 Å². The molecule has 0 saturated carbocycles. The minimum atomic E-state index is -1.24. The topological polar surface area (TPSA) is 172 Å². The van der Waals surface area contributed by atoms with Gasteiger partial charge in [-0.25, -0.2) is 0 Å². The summed E-state index contributed by atoms with van der Waals surface area (Å²) >= 11 is 0. The molecule has 124 valence electrons. The van der Waals surface area contributed by atoms with Gasteiger partial charge in [0.25, 0.3) is 0 Å². The highest BCUT2D eigenvalue weighted by Gasteiger charge is 2.27. The number of fused-ring (bicyclic) bond motifs is 1. The molecule has 3 rings (SSSR count). The zero-order valence-electron chi connectivity index (χ0n) is 11.7. The lowest BCUT2D eigenvalue weighted by Crippen LogP contribution is -2.03. The predicted molar refractivity (Wildman–Crippen MR) is 79.6 cm³/mol. The molecular formula is C15H10O9. The third kappa shape index (κ3) is 1.85. The summed E-state index contributed by atoms with van der Waals surface area (Å²) in [5.74, 6) is -7.41. The average Bonchev–Trinajstić information content (AvgIpc) is 2.56. The highest BCUT2D eigenvalue weighted by atomic mass is 16.4. The predicted octanol–water partition coefficient (Wildman–Crippen LogP) is 1.40. The molecule has 0 atom stereocenters. The molecule has 9 heteroatoms. The van der Waals surface area contributed by atoms with Gasteiger partial charge in [-0.1, -0.05) is 6.07 Å². The Balaban J connectivity index is 2.52. The molecule has 3 aromatic rings. The van der Waals surface area contributed by atoms with E-state index in [1.165, 1.54) is 12.1 Å². The number of benzene rings is 2. The van der Waals surface area contributed by atoms with E-state index in [2.05, 4.69) is 0 Å². The van der Waals surface area contributed by atoms with Gasteiger partial charge in [0, 0.05) is 0 Å². The molecule has 0 aliphatic carbocycles. The number of hydrogen-bond acceptors (Lipinski definition) is 9. The molecule has 0 bridgehead atoms. The second-order valence-electron chi connectivity index (χ2n) is 4.88. The van der Waals surface area contributed by atoms with Crippen LogP contribution < -0.4 is 5.43 Å². The second-order valence-corrected chi connectivity index (χ2v) is 4.88. The molecule has 0 saturated heterocycles. The largest absolute Gasteiger partial charge is 0.504 e. The van der Waals surface area contributed by atoms with Crippen LogP contribution in [0.25, 0.3) is 22.3 Å². The summed E-state index contributed by atoms with van der Waals surface area (Å²) in [6.07, 6.45) is 0. The molecule has 7 N–H and O–H groups in total. The van der Waals surface area contributed by atoms with Crippen LogP contribution in [-0.2, 0) is 0 Å². The van der Waals surface area contributed by atoms with Crippen molar-refractivity contribution in [3.8, 4) is 51.6 Å². The Morgan fingerprint density at radius 2 is 1.33 bits per heavy atom. The molecule has 1 aromatic heterocycles. The summed E-state index contributed by atoms with van der Waals surface area (Å²) in [5, 5.41) is 67.1. The van der Waals surface area contributed by atoms with Crippen LogP contribution in [0.3, 0.4) is 0 Å². The number of phenolic OH excluding ortho intramolecular Hbond substituents is 6. The van der Waals surface area contributed by atoms with Crippen molar-refractivity contribution in [2.24, 2.45) is 0 Å². The average molecular weight is 334 g/mol. The van der Waals surface area contributed by atoms with Gasteiger partial charge in [-0.2, -0.15) is 0 Å². The van der Waals surface area contributed by atoms with Crippen molar-refractivity contribution in [3.63, 3.8) is 0 Å². The Morgan fingerprint density at radius 3 is 2.00 bits per heavy atom. The van der Waals surface area contributed by atoms with E-state index in [1.54, 1.807) is 0 Å². The van der Waals surface area contributed by atoms with Gasteiger partial charge >= 0.3 is 0 Å². The summed E-state index contributed by atoms with van der Waals surface area (Å²) in [7, 11) is 0. The first-order chi connectivity index (χ1) is 11.3. The van der Waals surface area contributed by atoms with Gasteiger partial charge < -0.3 is 40.2 Å². The molecular weight excluding hydrogens is 324 g/mol. The van der Waals surface area contributed by atoms with Crippen LogP contribution in [0.5, 0.6) is 40.2 Å². The summed E-state index contributed by atoms with van der Waals surface area (Å²) in [5.41, 5.74) is -2.25. The smallest absolute Gasteiger partial charge is 0.239 e. The van der Waals surface area contributed by atoms with Crippen molar-refractivity contribution in [1.82, 2.24) is 0 Å². The molecule has 24 heavy (non-hydrogen) atoms. The van der Waals surface area contributed by atoms with Crippen molar-refractivity contribution >= 4 is 11.0 Å². The second kappa shape index (κ2) is 4.88. The number of phenols is 6. The summed E-state index contributed by atoms with van der Waals surface area (Å²) in [6, 6.07) is 3.64. The first-order valence-corrected chi connectivity index (χ1v) is 6.42. The molecule has 0 spiro atoms. The van der Waals surface area contributed by atoms with Crippen LogP contribution in [0.2, 0.25) is 0 Å². The highest BCUT2D eigenvalue weighted by Crippen LogP contribution is 2.50. The van der Waals surface area contributed by atoms with Crippen LogP contribution in [0.4, 0.5) is 0 Å². The van der Waals surface area contributed by atoms with E-state index in [4.69, 9.17) is 4.42 Å². The van der Waals surface area contributed by atoms with Crippen LogP contribution in [0.1, 0.15) is 0 Å². The standard InChI is InChI=1S/C15H10O9/c16-5-3-1-2-4(7(5)17)14-12(22)9(19)6-8(18)10(20)11(21)13(23)15(6)24-14/h1-3,16-18,20-23H. The molecule has 0 amide bonds. The molecule has 0 aliphatic rings. The van der Waals surface area contributed by atoms with Crippen LogP contribution >= 0.6 is 0 Å². The molecule has 2 aromatic carbocycles.